The van der Waals surface area contributed by atoms with Crippen molar-refractivity contribution in [3.63, 3.8) is 0 Å². The van der Waals surface area contributed by atoms with Crippen molar-refractivity contribution in [2.75, 3.05) is 12.4 Å². The Kier molecular flexibility index (Phi) is 8.96. The van der Waals surface area contributed by atoms with Crippen LogP contribution in [0.5, 0.6) is 5.75 Å². The molecule has 29 heavy (non-hydrogen) atoms. The van der Waals surface area contributed by atoms with Crippen molar-refractivity contribution in [2.45, 2.75) is 50.7 Å². The summed E-state index contributed by atoms with van der Waals surface area (Å²) in [5, 5.41) is 13.2. The predicted molar refractivity (Wildman–Crippen MR) is 119 cm³/mol. The number of halogens is 1. The number of nitrogens with two attached hydrogens (primary N) is 1. The normalized spacial score (nSPS) is 16.4. The number of aliphatic hydroxyl groups is 1. The average Bonchev–Trinajstić information content (AvgIpc) is 2.74. The Bertz CT molecular complexity index is 779. The van der Waals surface area contributed by atoms with Crippen LogP contribution in [0, 0.1) is 5.92 Å². The van der Waals surface area contributed by atoms with E-state index in [2.05, 4.69) is 5.32 Å². The number of rotatable bonds is 7. The minimum absolute atomic E-state index is 0. The molecule has 0 spiro atoms. The van der Waals surface area contributed by atoms with Crippen LogP contribution in [0.1, 0.15) is 38.5 Å². The van der Waals surface area contributed by atoms with Gasteiger partial charge in [0.05, 0.1) is 12.8 Å². The number of benzene rings is 2. The minimum Gasteiger partial charge on any atom is -0.495 e. The molecule has 1 fully saturated rings. The summed E-state index contributed by atoms with van der Waals surface area (Å²) in [6.45, 7) is 0. The number of ether oxygens (including phenoxy) is 1. The smallest absolute Gasteiger partial charge is 0.254 e. The van der Waals surface area contributed by atoms with Gasteiger partial charge < -0.3 is 20.9 Å². The fraction of sp³-hybridized carbons (Fsp3) is 0.435. The number of nitrogens with one attached hydrogen (secondary N) is 1. The second-order valence-corrected chi connectivity index (χ2v) is 7.62. The van der Waals surface area contributed by atoms with Crippen molar-refractivity contribution in [3.8, 4) is 16.9 Å². The van der Waals surface area contributed by atoms with Gasteiger partial charge in [-0.05, 0) is 35.6 Å². The number of carbonyl (C=O) groups is 1. The molecule has 1 aliphatic rings. The van der Waals surface area contributed by atoms with Crippen molar-refractivity contribution < 1.29 is 14.6 Å². The largest absolute Gasteiger partial charge is 0.495 e. The van der Waals surface area contributed by atoms with Gasteiger partial charge >= 0.3 is 0 Å². The monoisotopic (exact) mass is 418 g/mol. The third-order valence-electron chi connectivity index (χ3n) is 5.57. The predicted octanol–water partition coefficient (Wildman–Crippen LogP) is 4.38. The molecule has 5 nitrogen and oxygen atoms in total. The first-order valence-electron chi connectivity index (χ1n) is 10.1. The Morgan fingerprint density at radius 1 is 1.14 bits per heavy atom. The van der Waals surface area contributed by atoms with Gasteiger partial charge in [-0.25, -0.2) is 0 Å². The Labute approximate surface area is 179 Å². The molecular formula is C23H31ClN2O3. The molecule has 4 N–H and O–H groups in total. The fourth-order valence-electron chi connectivity index (χ4n) is 3.95. The van der Waals surface area contributed by atoms with Gasteiger partial charge in [0.15, 0.2) is 0 Å². The van der Waals surface area contributed by atoms with Crippen molar-refractivity contribution in [1.82, 2.24) is 0 Å². The van der Waals surface area contributed by atoms with Crippen LogP contribution >= 0.6 is 12.4 Å². The summed E-state index contributed by atoms with van der Waals surface area (Å²) in [6, 6.07) is 14.9. The molecule has 0 heterocycles. The molecule has 1 aliphatic carbocycles. The number of carbonyl (C=O) groups excluding carboxylic acids is 1. The third kappa shape index (κ3) is 6.20. The lowest BCUT2D eigenvalue weighted by atomic mass is 9.84. The van der Waals surface area contributed by atoms with Gasteiger partial charge in [0.25, 0.3) is 5.91 Å². The molecule has 1 amide bonds. The first-order chi connectivity index (χ1) is 13.6. The second-order valence-electron chi connectivity index (χ2n) is 7.62. The van der Waals surface area contributed by atoms with E-state index in [0.717, 1.165) is 24.0 Å². The summed E-state index contributed by atoms with van der Waals surface area (Å²) < 4.78 is 5.37. The van der Waals surface area contributed by atoms with E-state index in [1.807, 2.05) is 48.5 Å². The van der Waals surface area contributed by atoms with Crippen molar-refractivity contribution >= 4 is 24.0 Å². The maximum absolute atomic E-state index is 12.6. The lowest BCUT2D eigenvalue weighted by Crippen LogP contribution is -2.44. The molecule has 158 valence electrons. The van der Waals surface area contributed by atoms with Crippen LogP contribution in [0.2, 0.25) is 0 Å². The molecule has 6 heteroatoms. The molecule has 3 rings (SSSR count). The van der Waals surface area contributed by atoms with E-state index < -0.39 is 18.1 Å². The van der Waals surface area contributed by atoms with E-state index >= 15 is 0 Å². The number of methoxy groups -OCH3 is 1. The molecule has 0 saturated heterocycles. The fourth-order valence-corrected chi connectivity index (χ4v) is 3.95. The first kappa shape index (κ1) is 23.2. The van der Waals surface area contributed by atoms with E-state index in [4.69, 9.17) is 10.5 Å². The van der Waals surface area contributed by atoms with Crippen molar-refractivity contribution in [3.05, 3.63) is 48.5 Å². The van der Waals surface area contributed by atoms with E-state index in [9.17, 15) is 9.90 Å². The van der Waals surface area contributed by atoms with Gasteiger partial charge in [-0.2, -0.15) is 0 Å². The molecule has 1 saturated carbocycles. The van der Waals surface area contributed by atoms with Crippen LogP contribution in [-0.2, 0) is 4.79 Å². The van der Waals surface area contributed by atoms with Gasteiger partial charge in [0, 0.05) is 6.04 Å². The van der Waals surface area contributed by atoms with Crippen molar-refractivity contribution in [1.29, 1.82) is 0 Å². The highest BCUT2D eigenvalue weighted by molar-refractivity contribution is 5.96. The molecule has 0 aromatic heterocycles. The number of aliphatic hydroxyl groups excluding tert-OH is 1. The Hall–Kier alpha value is -2.08. The van der Waals surface area contributed by atoms with E-state index in [1.165, 1.54) is 19.3 Å². The second kappa shape index (κ2) is 11.2. The van der Waals surface area contributed by atoms with Crippen LogP contribution in [0.4, 0.5) is 5.69 Å². The van der Waals surface area contributed by atoms with Gasteiger partial charge in [-0.1, -0.05) is 68.5 Å². The molecule has 0 bridgehead atoms. The highest BCUT2D eigenvalue weighted by Gasteiger charge is 2.27. The molecule has 2 aromatic carbocycles. The molecule has 0 aliphatic heterocycles. The number of hydrogen-bond acceptors (Lipinski definition) is 4. The summed E-state index contributed by atoms with van der Waals surface area (Å²) in [4.78, 5) is 12.6. The van der Waals surface area contributed by atoms with Crippen LogP contribution in [0.3, 0.4) is 0 Å². The maximum Gasteiger partial charge on any atom is 0.254 e. The van der Waals surface area contributed by atoms with Crippen LogP contribution in [0.15, 0.2) is 48.5 Å². The Morgan fingerprint density at radius 2 is 1.83 bits per heavy atom. The van der Waals surface area contributed by atoms with Gasteiger partial charge in [-0.15, -0.1) is 12.4 Å². The van der Waals surface area contributed by atoms with E-state index in [1.54, 1.807) is 7.11 Å². The van der Waals surface area contributed by atoms with Gasteiger partial charge in [-0.3, -0.25) is 4.79 Å². The summed E-state index contributed by atoms with van der Waals surface area (Å²) in [5.41, 5.74) is 8.67. The number of amides is 1. The standard InChI is InChI=1S/C23H30N2O3.ClH/c1-28-21-13-12-18(17-10-6-3-7-11-17)15-20(21)25-23(27)22(26)19(24)14-16-8-4-2-5-9-16;/h3,6-7,10-13,15-16,19,22,26H,2,4-5,8-9,14,24H2,1H3,(H,25,27);1H/t19-,22?;/m1./s1. The van der Waals surface area contributed by atoms with E-state index in [0.29, 0.717) is 23.8 Å². The zero-order chi connectivity index (χ0) is 19.9. The molecule has 1 unspecified atom stereocenters. The SMILES string of the molecule is COc1ccc(-c2ccccc2)cc1NC(=O)C(O)[C@H](N)CC1CCCCC1.Cl. The Balaban J connectivity index is 0.00000300. The summed E-state index contributed by atoms with van der Waals surface area (Å²) in [6.07, 6.45) is 5.39. The number of hydrogen-bond donors (Lipinski definition) is 3. The highest BCUT2D eigenvalue weighted by atomic mass is 35.5. The Morgan fingerprint density at radius 3 is 2.48 bits per heavy atom. The van der Waals surface area contributed by atoms with Crippen LogP contribution < -0.4 is 15.8 Å². The molecule has 2 atom stereocenters. The lowest BCUT2D eigenvalue weighted by Gasteiger charge is -2.26. The molecule has 0 radical (unpaired) electrons. The van der Waals surface area contributed by atoms with Crippen LogP contribution in [-0.4, -0.2) is 30.3 Å². The zero-order valence-electron chi connectivity index (χ0n) is 16.8. The van der Waals surface area contributed by atoms with Gasteiger partial charge in [0.2, 0.25) is 0 Å². The van der Waals surface area contributed by atoms with E-state index in [-0.39, 0.29) is 12.4 Å². The molecular weight excluding hydrogens is 388 g/mol. The van der Waals surface area contributed by atoms with Gasteiger partial charge in [0.1, 0.15) is 11.9 Å². The quantitative estimate of drug-likeness (QED) is 0.622. The average molecular weight is 419 g/mol. The highest BCUT2D eigenvalue weighted by Crippen LogP contribution is 2.31. The zero-order valence-corrected chi connectivity index (χ0v) is 17.7. The first-order valence-corrected chi connectivity index (χ1v) is 10.1. The summed E-state index contributed by atoms with van der Waals surface area (Å²) >= 11 is 0. The van der Waals surface area contributed by atoms with Crippen LogP contribution in [0.25, 0.3) is 11.1 Å². The minimum atomic E-state index is -1.24. The lowest BCUT2D eigenvalue weighted by molar-refractivity contribution is -0.125. The summed E-state index contributed by atoms with van der Waals surface area (Å²) in [7, 11) is 1.55. The third-order valence-corrected chi connectivity index (χ3v) is 5.57. The summed E-state index contributed by atoms with van der Waals surface area (Å²) in [5.74, 6) is 0.551. The molecule has 2 aromatic rings. The van der Waals surface area contributed by atoms with Crippen molar-refractivity contribution in [2.24, 2.45) is 11.7 Å². The topological polar surface area (TPSA) is 84.6 Å². The number of anilines is 1. The maximum atomic E-state index is 12.6.